The van der Waals surface area contributed by atoms with Crippen molar-refractivity contribution in [2.45, 2.75) is 26.7 Å². The van der Waals surface area contributed by atoms with Crippen molar-refractivity contribution in [3.63, 3.8) is 0 Å². The van der Waals surface area contributed by atoms with Crippen LogP contribution in [0.15, 0.2) is 36.7 Å². The van der Waals surface area contributed by atoms with E-state index in [1.54, 1.807) is 12.1 Å². The number of nitrogens with one attached hydrogen (secondary N) is 3. The molecular formula is C17H21N5O2. The fourth-order valence-corrected chi connectivity index (χ4v) is 1.97. The minimum Gasteiger partial charge on any atom is -0.351 e. The van der Waals surface area contributed by atoms with Crippen LogP contribution in [0, 0.1) is 0 Å². The van der Waals surface area contributed by atoms with Crippen molar-refractivity contribution in [2.24, 2.45) is 0 Å². The highest BCUT2D eigenvalue weighted by Gasteiger charge is 2.07. The van der Waals surface area contributed by atoms with Crippen LogP contribution in [0.3, 0.4) is 0 Å². The summed E-state index contributed by atoms with van der Waals surface area (Å²) in [7, 11) is 0. The summed E-state index contributed by atoms with van der Waals surface area (Å²) >= 11 is 0. The molecule has 0 aliphatic heterocycles. The number of hydrogen-bond acceptors (Lipinski definition) is 5. The van der Waals surface area contributed by atoms with Gasteiger partial charge in [-0.05, 0) is 30.7 Å². The van der Waals surface area contributed by atoms with E-state index in [0.717, 1.165) is 24.2 Å². The number of rotatable bonds is 7. The van der Waals surface area contributed by atoms with E-state index >= 15 is 0 Å². The second-order valence-corrected chi connectivity index (χ2v) is 5.28. The number of hydrogen-bond donors (Lipinski definition) is 3. The molecule has 1 heterocycles. The molecule has 126 valence electrons. The number of amides is 2. The first-order valence-electron chi connectivity index (χ1n) is 7.83. The van der Waals surface area contributed by atoms with Gasteiger partial charge in [-0.15, -0.1) is 0 Å². The SMILES string of the molecule is CCCCNC(=O)c1cnc(Nc2ccc(NC(C)=O)cc2)cn1. The van der Waals surface area contributed by atoms with E-state index in [4.69, 9.17) is 0 Å². The predicted molar refractivity (Wildman–Crippen MR) is 93.3 cm³/mol. The minimum absolute atomic E-state index is 0.116. The van der Waals surface area contributed by atoms with Crippen LogP contribution in [0.5, 0.6) is 0 Å². The third kappa shape index (κ3) is 5.35. The van der Waals surface area contributed by atoms with Crippen molar-refractivity contribution in [1.29, 1.82) is 0 Å². The normalized spacial score (nSPS) is 10.1. The summed E-state index contributed by atoms with van der Waals surface area (Å²) in [4.78, 5) is 31.1. The summed E-state index contributed by atoms with van der Waals surface area (Å²) < 4.78 is 0. The highest BCUT2D eigenvalue weighted by atomic mass is 16.2. The maximum absolute atomic E-state index is 11.8. The van der Waals surface area contributed by atoms with Crippen LogP contribution in [0.4, 0.5) is 17.2 Å². The van der Waals surface area contributed by atoms with Gasteiger partial charge in [-0.25, -0.2) is 9.97 Å². The molecule has 2 rings (SSSR count). The summed E-state index contributed by atoms with van der Waals surface area (Å²) in [6.45, 7) is 4.16. The zero-order valence-electron chi connectivity index (χ0n) is 13.8. The summed E-state index contributed by atoms with van der Waals surface area (Å²) in [6.07, 6.45) is 4.91. The number of unbranched alkanes of at least 4 members (excludes halogenated alkanes) is 1. The molecule has 3 N–H and O–H groups in total. The maximum Gasteiger partial charge on any atom is 0.271 e. The molecule has 0 fully saturated rings. The lowest BCUT2D eigenvalue weighted by Crippen LogP contribution is -2.25. The van der Waals surface area contributed by atoms with Gasteiger partial charge in [0.25, 0.3) is 5.91 Å². The summed E-state index contributed by atoms with van der Waals surface area (Å²) in [5.41, 5.74) is 1.81. The fourth-order valence-electron chi connectivity index (χ4n) is 1.97. The van der Waals surface area contributed by atoms with Gasteiger partial charge in [-0.2, -0.15) is 0 Å². The minimum atomic E-state index is -0.220. The Bertz CT molecular complexity index is 683. The summed E-state index contributed by atoms with van der Waals surface area (Å²) in [5.74, 6) is 0.198. The van der Waals surface area contributed by atoms with Gasteiger partial charge in [0.1, 0.15) is 11.5 Å². The molecule has 7 nitrogen and oxygen atoms in total. The molecule has 1 aromatic heterocycles. The van der Waals surface area contributed by atoms with E-state index in [2.05, 4.69) is 32.8 Å². The average molecular weight is 327 g/mol. The van der Waals surface area contributed by atoms with Crippen molar-refractivity contribution in [2.75, 3.05) is 17.2 Å². The van der Waals surface area contributed by atoms with Crippen LogP contribution in [-0.4, -0.2) is 28.3 Å². The first kappa shape index (κ1) is 17.4. The van der Waals surface area contributed by atoms with Crippen molar-refractivity contribution in [3.05, 3.63) is 42.4 Å². The van der Waals surface area contributed by atoms with Crippen LogP contribution in [-0.2, 0) is 4.79 Å². The molecule has 0 bridgehead atoms. The first-order chi connectivity index (χ1) is 11.6. The molecule has 0 saturated carbocycles. The van der Waals surface area contributed by atoms with Crippen molar-refractivity contribution in [1.82, 2.24) is 15.3 Å². The predicted octanol–water partition coefficient (Wildman–Crippen LogP) is 2.71. The lowest BCUT2D eigenvalue weighted by Gasteiger charge is -2.08. The van der Waals surface area contributed by atoms with E-state index in [-0.39, 0.29) is 17.5 Å². The summed E-state index contributed by atoms with van der Waals surface area (Å²) in [6, 6.07) is 7.20. The van der Waals surface area contributed by atoms with Gasteiger partial charge >= 0.3 is 0 Å². The number of aromatic nitrogens is 2. The lowest BCUT2D eigenvalue weighted by molar-refractivity contribution is -0.114. The molecule has 0 atom stereocenters. The smallest absolute Gasteiger partial charge is 0.271 e. The average Bonchev–Trinajstić information content (AvgIpc) is 2.57. The Balaban J connectivity index is 1.93. The van der Waals surface area contributed by atoms with E-state index in [1.807, 2.05) is 12.1 Å². The third-order valence-electron chi connectivity index (χ3n) is 3.18. The standard InChI is InChI=1S/C17H21N5O2/c1-3-4-9-18-17(24)15-10-20-16(11-19-15)22-14-7-5-13(6-8-14)21-12(2)23/h5-8,10-11H,3-4,9H2,1-2H3,(H,18,24)(H,20,22)(H,21,23). The van der Waals surface area contributed by atoms with Crippen LogP contribution in [0.1, 0.15) is 37.2 Å². The van der Waals surface area contributed by atoms with Crippen LogP contribution >= 0.6 is 0 Å². The van der Waals surface area contributed by atoms with Crippen molar-refractivity contribution in [3.8, 4) is 0 Å². The molecule has 0 aliphatic rings. The van der Waals surface area contributed by atoms with Gasteiger partial charge in [-0.3, -0.25) is 9.59 Å². The lowest BCUT2D eigenvalue weighted by atomic mass is 10.2. The topological polar surface area (TPSA) is 96.0 Å². The number of benzene rings is 1. The van der Waals surface area contributed by atoms with Gasteiger partial charge in [0.15, 0.2) is 0 Å². The molecule has 1 aromatic carbocycles. The van der Waals surface area contributed by atoms with Gasteiger partial charge in [0.2, 0.25) is 5.91 Å². The highest BCUT2D eigenvalue weighted by Crippen LogP contribution is 2.17. The number of carbonyl (C=O) groups is 2. The molecule has 0 unspecified atom stereocenters. The molecule has 0 radical (unpaired) electrons. The van der Waals surface area contributed by atoms with Crippen LogP contribution < -0.4 is 16.0 Å². The maximum atomic E-state index is 11.8. The molecular weight excluding hydrogens is 306 g/mol. The second-order valence-electron chi connectivity index (χ2n) is 5.28. The molecule has 2 amide bonds. The monoisotopic (exact) mass is 327 g/mol. The third-order valence-corrected chi connectivity index (χ3v) is 3.18. The Morgan fingerprint density at radius 1 is 1.04 bits per heavy atom. The Labute approximate surface area is 140 Å². The zero-order chi connectivity index (χ0) is 17.4. The Hall–Kier alpha value is -2.96. The van der Waals surface area contributed by atoms with Crippen molar-refractivity contribution < 1.29 is 9.59 Å². The van der Waals surface area contributed by atoms with E-state index < -0.39 is 0 Å². The van der Waals surface area contributed by atoms with Crippen molar-refractivity contribution >= 4 is 29.0 Å². The van der Waals surface area contributed by atoms with Crippen LogP contribution in [0.2, 0.25) is 0 Å². The van der Waals surface area contributed by atoms with E-state index in [0.29, 0.717) is 12.4 Å². The number of anilines is 3. The van der Waals surface area contributed by atoms with Crippen LogP contribution in [0.25, 0.3) is 0 Å². The molecule has 0 spiro atoms. The Morgan fingerprint density at radius 3 is 2.33 bits per heavy atom. The first-order valence-corrected chi connectivity index (χ1v) is 7.83. The van der Waals surface area contributed by atoms with Gasteiger partial charge in [-0.1, -0.05) is 13.3 Å². The second kappa shape index (κ2) is 8.61. The number of nitrogens with zero attached hydrogens (tertiary/aromatic N) is 2. The Morgan fingerprint density at radius 2 is 1.75 bits per heavy atom. The number of carbonyl (C=O) groups excluding carboxylic acids is 2. The van der Waals surface area contributed by atoms with Gasteiger partial charge in [0.05, 0.1) is 12.4 Å². The summed E-state index contributed by atoms with van der Waals surface area (Å²) in [5, 5.41) is 8.58. The van der Waals surface area contributed by atoms with E-state index in [1.165, 1.54) is 19.3 Å². The molecule has 0 aliphatic carbocycles. The zero-order valence-corrected chi connectivity index (χ0v) is 13.8. The van der Waals surface area contributed by atoms with Gasteiger partial charge < -0.3 is 16.0 Å². The molecule has 7 heteroatoms. The molecule has 0 saturated heterocycles. The Kier molecular flexibility index (Phi) is 6.24. The fraction of sp³-hybridized carbons (Fsp3) is 0.294. The highest BCUT2D eigenvalue weighted by molar-refractivity contribution is 5.92. The molecule has 2 aromatic rings. The van der Waals surface area contributed by atoms with E-state index in [9.17, 15) is 9.59 Å². The quantitative estimate of drug-likeness (QED) is 0.680. The largest absolute Gasteiger partial charge is 0.351 e. The van der Waals surface area contributed by atoms with Gasteiger partial charge in [0, 0.05) is 24.8 Å². The molecule has 24 heavy (non-hydrogen) atoms.